The largest absolute Gasteiger partial charge is 0.507 e. The molecule has 6 nitrogen and oxygen atoms in total. The fraction of sp³-hybridized carbons (Fsp3) is 0.192. The zero-order valence-electron chi connectivity index (χ0n) is 18.3. The molecule has 3 aromatic rings. The first-order valence-corrected chi connectivity index (χ1v) is 10.4. The molecule has 1 aliphatic rings. The Bertz CT molecular complexity index is 1220. The molecule has 0 saturated carbocycles. The first kappa shape index (κ1) is 21.3. The van der Waals surface area contributed by atoms with Gasteiger partial charge < -0.3 is 10.4 Å². The van der Waals surface area contributed by atoms with E-state index in [0.717, 1.165) is 11.1 Å². The van der Waals surface area contributed by atoms with Crippen LogP contribution >= 0.6 is 0 Å². The minimum atomic E-state index is -0.448. The van der Waals surface area contributed by atoms with E-state index in [4.69, 9.17) is 0 Å². The molecule has 0 unspecified atom stereocenters. The molecule has 0 saturated heterocycles. The number of benzene rings is 2. The molecule has 2 aromatic carbocycles. The molecule has 4 rings (SSSR count). The second kappa shape index (κ2) is 8.30. The highest BCUT2D eigenvalue weighted by Crippen LogP contribution is 2.31. The Labute approximate surface area is 187 Å². The standard InChI is InChI=1S/C26H25N3O3/c1-26(2,3)17-9-10-19-20(11-17)22(25(32)29-24(19)31)14-27-13-18-12-23(30)21(15-28-18)16-7-5-4-6-8-16/h4-12,14-15,27H,13H2,1-3H3,(H,28,30)(H,29,31,32)/b22-14-. The van der Waals surface area contributed by atoms with Gasteiger partial charge in [-0.3, -0.25) is 19.9 Å². The van der Waals surface area contributed by atoms with E-state index in [1.54, 1.807) is 24.5 Å². The lowest BCUT2D eigenvalue weighted by Crippen LogP contribution is -2.37. The fourth-order valence-electron chi connectivity index (χ4n) is 3.62. The Hall–Kier alpha value is -3.93. The van der Waals surface area contributed by atoms with Gasteiger partial charge in [0.05, 0.1) is 17.8 Å². The highest BCUT2D eigenvalue weighted by Gasteiger charge is 2.28. The molecule has 1 aromatic heterocycles. The maximum absolute atomic E-state index is 12.5. The topological polar surface area (TPSA) is 91.3 Å². The summed E-state index contributed by atoms with van der Waals surface area (Å²) in [5.74, 6) is -0.709. The van der Waals surface area contributed by atoms with Crippen LogP contribution in [-0.2, 0) is 16.8 Å². The third-order valence-electron chi connectivity index (χ3n) is 5.45. The van der Waals surface area contributed by atoms with Gasteiger partial charge >= 0.3 is 0 Å². The maximum Gasteiger partial charge on any atom is 0.260 e. The molecule has 0 spiro atoms. The van der Waals surface area contributed by atoms with Crippen molar-refractivity contribution in [3.63, 3.8) is 0 Å². The zero-order chi connectivity index (χ0) is 22.9. The van der Waals surface area contributed by atoms with Gasteiger partial charge in [0, 0.05) is 35.2 Å². The Morgan fingerprint density at radius 1 is 0.969 bits per heavy atom. The van der Waals surface area contributed by atoms with Crippen LogP contribution in [0, 0.1) is 0 Å². The second-order valence-corrected chi connectivity index (χ2v) is 8.79. The van der Waals surface area contributed by atoms with Gasteiger partial charge in [-0.25, -0.2) is 0 Å². The Balaban J connectivity index is 1.58. The number of hydrogen-bond donors (Lipinski definition) is 3. The summed E-state index contributed by atoms with van der Waals surface area (Å²) in [7, 11) is 0. The molecule has 0 radical (unpaired) electrons. The predicted octanol–water partition coefficient (Wildman–Crippen LogP) is 4.15. The number of rotatable bonds is 4. The quantitative estimate of drug-likeness (QED) is 0.430. The van der Waals surface area contributed by atoms with E-state index in [0.29, 0.717) is 34.5 Å². The number of carbonyl (C=O) groups is 2. The lowest BCUT2D eigenvalue weighted by atomic mass is 9.83. The van der Waals surface area contributed by atoms with Crippen LogP contribution in [0.5, 0.6) is 5.75 Å². The molecule has 32 heavy (non-hydrogen) atoms. The van der Waals surface area contributed by atoms with Crippen molar-refractivity contribution in [2.45, 2.75) is 32.7 Å². The van der Waals surface area contributed by atoms with Crippen molar-refractivity contribution in [2.75, 3.05) is 0 Å². The molecule has 0 bridgehead atoms. The SMILES string of the molecule is CC(C)(C)c1ccc2c(c1)/C(=C/NCc1cc(O)c(-c3ccccc3)cn1)C(=O)NC2=O. The van der Waals surface area contributed by atoms with Crippen molar-refractivity contribution < 1.29 is 14.7 Å². The van der Waals surface area contributed by atoms with Gasteiger partial charge in [0.2, 0.25) is 0 Å². The van der Waals surface area contributed by atoms with Crippen LogP contribution in [0.4, 0.5) is 0 Å². The smallest absolute Gasteiger partial charge is 0.260 e. The molecule has 0 fully saturated rings. The number of imide groups is 1. The summed E-state index contributed by atoms with van der Waals surface area (Å²) in [6.45, 7) is 6.55. The third-order valence-corrected chi connectivity index (χ3v) is 5.45. The van der Waals surface area contributed by atoms with Gasteiger partial charge in [-0.05, 0) is 28.7 Å². The molecule has 162 valence electrons. The van der Waals surface area contributed by atoms with Gasteiger partial charge in [-0.15, -0.1) is 0 Å². The number of amides is 2. The van der Waals surface area contributed by atoms with Crippen molar-refractivity contribution in [1.82, 2.24) is 15.6 Å². The summed E-state index contributed by atoms with van der Waals surface area (Å²) in [5.41, 5.74) is 4.53. The zero-order valence-corrected chi connectivity index (χ0v) is 18.3. The summed E-state index contributed by atoms with van der Waals surface area (Å²) in [6, 6.07) is 16.7. The number of pyridine rings is 1. The van der Waals surface area contributed by atoms with E-state index in [9.17, 15) is 14.7 Å². The molecule has 1 aliphatic heterocycles. The highest BCUT2D eigenvalue weighted by molar-refractivity contribution is 6.31. The third kappa shape index (κ3) is 4.25. The molecule has 3 N–H and O–H groups in total. The Kier molecular flexibility index (Phi) is 5.53. The van der Waals surface area contributed by atoms with E-state index in [1.165, 1.54) is 0 Å². The van der Waals surface area contributed by atoms with E-state index in [-0.39, 0.29) is 11.2 Å². The van der Waals surface area contributed by atoms with Gasteiger partial charge in [0.25, 0.3) is 11.8 Å². The number of hydrogen-bond acceptors (Lipinski definition) is 5. The van der Waals surface area contributed by atoms with Crippen molar-refractivity contribution in [1.29, 1.82) is 0 Å². The summed E-state index contributed by atoms with van der Waals surface area (Å²) in [6.07, 6.45) is 3.22. The average molecular weight is 428 g/mol. The number of nitrogens with zero attached hydrogens (tertiary/aromatic N) is 1. The second-order valence-electron chi connectivity index (χ2n) is 8.79. The van der Waals surface area contributed by atoms with Gasteiger partial charge in [0.15, 0.2) is 0 Å². The van der Waals surface area contributed by atoms with Crippen LogP contribution in [0.3, 0.4) is 0 Å². The first-order valence-electron chi connectivity index (χ1n) is 10.4. The summed E-state index contributed by atoms with van der Waals surface area (Å²) in [4.78, 5) is 29.2. The van der Waals surface area contributed by atoms with Gasteiger partial charge in [0.1, 0.15) is 5.75 Å². The van der Waals surface area contributed by atoms with Crippen LogP contribution < -0.4 is 10.6 Å². The lowest BCUT2D eigenvalue weighted by Gasteiger charge is -2.24. The average Bonchev–Trinajstić information content (AvgIpc) is 2.75. The van der Waals surface area contributed by atoms with E-state index in [1.807, 2.05) is 42.5 Å². The first-order chi connectivity index (χ1) is 15.2. The fourth-order valence-corrected chi connectivity index (χ4v) is 3.62. The van der Waals surface area contributed by atoms with Crippen LogP contribution in [0.15, 0.2) is 67.0 Å². The van der Waals surface area contributed by atoms with Crippen LogP contribution in [0.2, 0.25) is 0 Å². The van der Waals surface area contributed by atoms with Crippen LogP contribution in [0.1, 0.15) is 48.0 Å². The molecule has 6 heteroatoms. The Morgan fingerprint density at radius 3 is 2.41 bits per heavy atom. The number of aromatic nitrogens is 1. The summed E-state index contributed by atoms with van der Waals surface area (Å²) in [5, 5.41) is 15.9. The van der Waals surface area contributed by atoms with E-state index >= 15 is 0 Å². The number of fused-ring (bicyclic) bond motifs is 1. The lowest BCUT2D eigenvalue weighted by molar-refractivity contribution is -0.114. The molecule has 0 atom stereocenters. The van der Waals surface area contributed by atoms with Gasteiger partial charge in [-0.2, -0.15) is 0 Å². The minimum absolute atomic E-state index is 0.119. The van der Waals surface area contributed by atoms with Crippen molar-refractivity contribution in [2.24, 2.45) is 0 Å². The van der Waals surface area contributed by atoms with Crippen LogP contribution in [0.25, 0.3) is 16.7 Å². The monoisotopic (exact) mass is 427 g/mol. The number of nitrogens with one attached hydrogen (secondary N) is 2. The Morgan fingerprint density at radius 2 is 1.72 bits per heavy atom. The normalized spacial score (nSPS) is 14.8. The number of carbonyl (C=O) groups excluding carboxylic acids is 2. The maximum atomic E-state index is 12.5. The summed E-state index contributed by atoms with van der Waals surface area (Å²) >= 11 is 0. The van der Waals surface area contributed by atoms with Crippen molar-refractivity contribution >= 4 is 17.4 Å². The minimum Gasteiger partial charge on any atom is -0.507 e. The highest BCUT2D eigenvalue weighted by atomic mass is 16.3. The van der Waals surface area contributed by atoms with Crippen molar-refractivity contribution in [3.05, 3.63) is 89.4 Å². The molecular formula is C26H25N3O3. The number of aromatic hydroxyl groups is 1. The van der Waals surface area contributed by atoms with E-state index < -0.39 is 11.8 Å². The molecular weight excluding hydrogens is 402 g/mol. The van der Waals surface area contributed by atoms with E-state index in [2.05, 4.69) is 36.4 Å². The molecule has 2 amide bonds. The van der Waals surface area contributed by atoms with Crippen molar-refractivity contribution in [3.8, 4) is 16.9 Å². The summed E-state index contributed by atoms with van der Waals surface area (Å²) < 4.78 is 0. The predicted molar refractivity (Wildman–Crippen MR) is 124 cm³/mol. The molecule has 0 aliphatic carbocycles. The van der Waals surface area contributed by atoms with Crippen LogP contribution in [-0.4, -0.2) is 21.9 Å². The van der Waals surface area contributed by atoms with Gasteiger partial charge in [-0.1, -0.05) is 57.2 Å². The molecule has 2 heterocycles.